The number of hydrogen-bond acceptors (Lipinski definition) is 5. The Labute approximate surface area is 146 Å². The topological polar surface area (TPSA) is 91.9 Å². The number of hydrogen-bond donors (Lipinski definition) is 2. The number of aromatic hydroxyl groups is 1. The van der Waals surface area contributed by atoms with E-state index in [1.807, 2.05) is 12.1 Å². The van der Waals surface area contributed by atoms with Gasteiger partial charge in [-0.1, -0.05) is 32.9 Å². The summed E-state index contributed by atoms with van der Waals surface area (Å²) in [6.07, 6.45) is 0. The maximum Gasteiger partial charge on any atom is 0.348 e. The van der Waals surface area contributed by atoms with Crippen LogP contribution in [0.15, 0.2) is 44.6 Å². The molecule has 0 aliphatic carbocycles. The number of nitrogens with one attached hydrogen (secondary N) is 1. The highest BCUT2D eigenvalue weighted by Crippen LogP contribution is 2.22. The first-order valence-electron chi connectivity index (χ1n) is 7.89. The van der Waals surface area contributed by atoms with Gasteiger partial charge in [-0.3, -0.25) is 4.79 Å². The van der Waals surface area contributed by atoms with Crippen LogP contribution in [0.25, 0.3) is 0 Å². The van der Waals surface area contributed by atoms with Gasteiger partial charge in [-0.15, -0.1) is 0 Å². The van der Waals surface area contributed by atoms with Gasteiger partial charge in [0.2, 0.25) is 0 Å². The average Bonchev–Trinajstić information content (AvgIpc) is 2.51. The lowest BCUT2D eigenvalue weighted by Crippen LogP contribution is -2.22. The number of amides is 1. The minimum absolute atomic E-state index is 0.000735. The normalized spacial score (nSPS) is 12.1. The summed E-state index contributed by atoms with van der Waals surface area (Å²) in [5, 5.41) is 13.8. The summed E-state index contributed by atoms with van der Waals surface area (Å²) in [5.41, 5.74) is 3.33. The molecule has 0 atom stereocenters. The molecular formula is C19H22N2O4. The maximum absolute atomic E-state index is 12.2. The SMILES string of the molecule is CC(=NNC(=O)c1ccc(C(C)(C)C)cc1)c1c(O)cc(C)oc1=O. The monoisotopic (exact) mass is 342 g/mol. The number of nitrogens with zero attached hydrogens (tertiary/aromatic N) is 1. The Hall–Kier alpha value is -2.89. The van der Waals surface area contributed by atoms with Crippen LogP contribution in [0, 0.1) is 6.92 Å². The molecule has 1 amide bonds. The molecule has 1 aromatic carbocycles. The van der Waals surface area contributed by atoms with E-state index < -0.39 is 11.5 Å². The summed E-state index contributed by atoms with van der Waals surface area (Å²) in [7, 11) is 0. The first-order chi connectivity index (χ1) is 11.6. The van der Waals surface area contributed by atoms with Crippen LogP contribution in [0.2, 0.25) is 0 Å². The van der Waals surface area contributed by atoms with Gasteiger partial charge in [0.1, 0.15) is 17.1 Å². The Morgan fingerprint density at radius 3 is 2.32 bits per heavy atom. The van der Waals surface area contributed by atoms with E-state index in [2.05, 4.69) is 31.3 Å². The fraction of sp³-hybridized carbons (Fsp3) is 0.316. The molecule has 0 unspecified atom stereocenters. The number of benzene rings is 1. The van der Waals surface area contributed by atoms with E-state index in [1.165, 1.54) is 13.0 Å². The smallest absolute Gasteiger partial charge is 0.348 e. The molecule has 0 radical (unpaired) electrons. The van der Waals surface area contributed by atoms with Gasteiger partial charge in [-0.25, -0.2) is 10.2 Å². The minimum atomic E-state index is -0.706. The fourth-order valence-electron chi connectivity index (χ4n) is 2.31. The van der Waals surface area contributed by atoms with Gasteiger partial charge in [0, 0.05) is 11.6 Å². The Morgan fingerprint density at radius 1 is 1.20 bits per heavy atom. The van der Waals surface area contributed by atoms with Crippen molar-refractivity contribution in [2.75, 3.05) is 0 Å². The highest BCUT2D eigenvalue weighted by molar-refractivity contribution is 6.02. The van der Waals surface area contributed by atoms with Crippen LogP contribution < -0.4 is 11.1 Å². The lowest BCUT2D eigenvalue weighted by molar-refractivity contribution is 0.0954. The van der Waals surface area contributed by atoms with Gasteiger partial charge in [0.15, 0.2) is 0 Å². The summed E-state index contributed by atoms with van der Waals surface area (Å²) >= 11 is 0. The second kappa shape index (κ2) is 6.93. The molecule has 0 fully saturated rings. The summed E-state index contributed by atoms with van der Waals surface area (Å²) < 4.78 is 4.94. The summed E-state index contributed by atoms with van der Waals surface area (Å²) in [6.45, 7) is 9.34. The van der Waals surface area contributed by atoms with Crippen LogP contribution >= 0.6 is 0 Å². The molecule has 0 aliphatic rings. The number of carbonyl (C=O) groups excluding carboxylic acids is 1. The molecule has 6 heteroatoms. The van der Waals surface area contributed by atoms with Gasteiger partial charge in [0.25, 0.3) is 5.91 Å². The molecule has 2 rings (SSSR count). The lowest BCUT2D eigenvalue weighted by Gasteiger charge is -2.18. The van der Waals surface area contributed by atoms with Crippen LogP contribution in [-0.2, 0) is 5.41 Å². The molecule has 25 heavy (non-hydrogen) atoms. The standard InChI is InChI=1S/C19H22N2O4/c1-11-10-15(22)16(18(24)25-11)12(2)20-21-17(23)13-6-8-14(9-7-13)19(3,4)5/h6-10,22H,1-5H3,(H,21,23). The van der Waals surface area contributed by atoms with Crippen molar-refractivity contribution in [1.29, 1.82) is 0 Å². The van der Waals surface area contributed by atoms with Gasteiger partial charge >= 0.3 is 5.63 Å². The zero-order valence-electron chi connectivity index (χ0n) is 15.0. The minimum Gasteiger partial charge on any atom is -0.507 e. The quantitative estimate of drug-likeness (QED) is 0.662. The lowest BCUT2D eigenvalue weighted by atomic mass is 9.87. The van der Waals surface area contributed by atoms with E-state index in [9.17, 15) is 14.7 Å². The molecule has 1 aromatic heterocycles. The predicted molar refractivity (Wildman–Crippen MR) is 96.2 cm³/mol. The van der Waals surface area contributed by atoms with Crippen molar-refractivity contribution in [3.63, 3.8) is 0 Å². The van der Waals surface area contributed by atoms with Crippen molar-refractivity contribution in [1.82, 2.24) is 5.43 Å². The van der Waals surface area contributed by atoms with Crippen molar-refractivity contribution in [3.8, 4) is 5.75 Å². The molecule has 0 aliphatic heterocycles. The zero-order valence-corrected chi connectivity index (χ0v) is 15.0. The van der Waals surface area contributed by atoms with Crippen LogP contribution in [0.4, 0.5) is 0 Å². The molecule has 0 bridgehead atoms. The summed E-state index contributed by atoms with van der Waals surface area (Å²) in [4.78, 5) is 24.0. The molecule has 0 saturated carbocycles. The van der Waals surface area contributed by atoms with Gasteiger partial charge in [-0.2, -0.15) is 5.10 Å². The Kier molecular flexibility index (Phi) is 5.11. The third-order valence-electron chi connectivity index (χ3n) is 3.75. The van der Waals surface area contributed by atoms with Crippen LogP contribution in [0.5, 0.6) is 5.75 Å². The molecular weight excluding hydrogens is 320 g/mol. The molecule has 0 spiro atoms. The van der Waals surface area contributed by atoms with Gasteiger partial charge < -0.3 is 9.52 Å². The van der Waals surface area contributed by atoms with Crippen LogP contribution in [0.1, 0.15) is 54.9 Å². The van der Waals surface area contributed by atoms with E-state index in [-0.39, 0.29) is 22.4 Å². The van der Waals surface area contributed by atoms with E-state index in [4.69, 9.17) is 4.42 Å². The van der Waals surface area contributed by atoms with E-state index in [0.717, 1.165) is 5.56 Å². The first-order valence-corrected chi connectivity index (χ1v) is 7.89. The fourth-order valence-corrected chi connectivity index (χ4v) is 2.31. The molecule has 2 aromatic rings. The average molecular weight is 342 g/mol. The number of rotatable bonds is 3. The second-order valence-electron chi connectivity index (χ2n) is 6.87. The van der Waals surface area contributed by atoms with Gasteiger partial charge in [0.05, 0.1) is 5.71 Å². The van der Waals surface area contributed by atoms with Crippen molar-refractivity contribution in [2.45, 2.75) is 40.0 Å². The second-order valence-corrected chi connectivity index (χ2v) is 6.87. The van der Waals surface area contributed by atoms with Crippen molar-refractivity contribution in [3.05, 3.63) is 63.2 Å². The van der Waals surface area contributed by atoms with E-state index in [1.54, 1.807) is 19.1 Å². The van der Waals surface area contributed by atoms with Crippen LogP contribution in [0.3, 0.4) is 0 Å². The third kappa shape index (κ3) is 4.35. The summed E-state index contributed by atoms with van der Waals surface area (Å²) in [5.74, 6) is -0.350. The Bertz CT molecular complexity index is 872. The number of hydrazone groups is 1. The number of carbonyl (C=O) groups is 1. The highest BCUT2D eigenvalue weighted by Gasteiger charge is 2.15. The predicted octanol–water partition coefficient (Wildman–Crippen LogP) is 3.11. The highest BCUT2D eigenvalue weighted by atomic mass is 16.4. The third-order valence-corrected chi connectivity index (χ3v) is 3.75. The molecule has 132 valence electrons. The number of aryl methyl sites for hydroxylation is 1. The molecule has 0 saturated heterocycles. The van der Waals surface area contributed by atoms with Crippen molar-refractivity contribution >= 4 is 11.6 Å². The maximum atomic E-state index is 12.2. The Balaban J connectivity index is 2.19. The van der Waals surface area contributed by atoms with E-state index in [0.29, 0.717) is 11.3 Å². The van der Waals surface area contributed by atoms with Crippen molar-refractivity contribution in [2.24, 2.45) is 5.10 Å². The molecule has 2 N–H and O–H groups in total. The summed E-state index contributed by atoms with van der Waals surface area (Å²) in [6, 6.07) is 8.55. The van der Waals surface area contributed by atoms with Crippen LogP contribution in [-0.4, -0.2) is 16.7 Å². The molecule has 6 nitrogen and oxygen atoms in total. The van der Waals surface area contributed by atoms with E-state index >= 15 is 0 Å². The van der Waals surface area contributed by atoms with Gasteiger partial charge in [-0.05, 0) is 37.0 Å². The van der Waals surface area contributed by atoms with Crippen molar-refractivity contribution < 1.29 is 14.3 Å². The zero-order chi connectivity index (χ0) is 18.8. The first kappa shape index (κ1) is 18.4. The Morgan fingerprint density at radius 2 is 1.80 bits per heavy atom. The largest absolute Gasteiger partial charge is 0.507 e. The molecule has 1 heterocycles.